The van der Waals surface area contributed by atoms with E-state index in [1.165, 1.54) is 25.1 Å². The van der Waals surface area contributed by atoms with E-state index in [1.807, 2.05) is 54.6 Å². The molecule has 7 rings (SSSR count). The number of aliphatic hydroxyl groups is 3. The summed E-state index contributed by atoms with van der Waals surface area (Å²) in [5, 5.41) is 73.5. The Morgan fingerprint density at radius 2 is 0.935 bits per heavy atom. The van der Waals surface area contributed by atoms with Gasteiger partial charge in [-0.2, -0.15) is 0 Å². The van der Waals surface area contributed by atoms with Crippen molar-refractivity contribution in [3.05, 3.63) is 171 Å². The number of rotatable bonds is 21. The average molecular weight is 1630 g/mol. The number of para-hydroxylation sites is 1. The van der Waals surface area contributed by atoms with Crippen molar-refractivity contribution in [2.45, 2.75) is 170 Å². The third-order valence-electron chi connectivity index (χ3n) is 17.6. The van der Waals surface area contributed by atoms with Crippen LogP contribution >= 0.6 is 44.2 Å². The summed E-state index contributed by atoms with van der Waals surface area (Å²) in [6.07, 6.45) is -2.19. The van der Waals surface area contributed by atoms with E-state index in [9.17, 15) is 54.0 Å². The molecule has 1 aliphatic rings. The Morgan fingerprint density at radius 3 is 1.43 bits per heavy atom. The summed E-state index contributed by atoms with van der Waals surface area (Å²) < 4.78 is 0.401. The molecule has 0 aliphatic carbocycles. The monoisotopic (exact) mass is 1630 g/mol. The molecule has 6 aromatic rings. The van der Waals surface area contributed by atoms with Crippen molar-refractivity contribution in [2.75, 3.05) is 24.7 Å². The first-order valence-corrected chi connectivity index (χ1v) is 38.6. The summed E-state index contributed by atoms with van der Waals surface area (Å²) in [5.74, 6) is -11.5. The molecule has 13 unspecified atom stereocenters. The van der Waals surface area contributed by atoms with E-state index < -0.39 is 157 Å². The van der Waals surface area contributed by atoms with Crippen molar-refractivity contribution >= 4 is 120 Å². The maximum atomic E-state index is 15.6. The summed E-state index contributed by atoms with van der Waals surface area (Å²) >= 11 is 1.88. The SMILES string of the molecule is CC(C)NCc1ccc(CC2NC(=O)C(Cc3c[nH]c4ccccc34)NC(=O)C(Cc3ccccc3)NC(=O)C(Cc3ccccc3)NC(=O)C(CCCCN)NC(=O)C(N)CSSCC(C(N)=O)NC(=O)C(CO)NC(=O)C(C(C)O)NC(=O)C(Cc3ccc(O)cc3I)NC(=O)C(C(C)O)NC2=O)cc1. The van der Waals surface area contributed by atoms with Gasteiger partial charge in [0.2, 0.25) is 65.0 Å². The summed E-state index contributed by atoms with van der Waals surface area (Å²) in [6.45, 7) is 5.90. The minimum Gasteiger partial charge on any atom is -0.508 e. The number of nitrogens with one attached hydrogen (secondary N) is 12. The highest BCUT2D eigenvalue weighted by Gasteiger charge is 2.39. The number of halogens is 1. The van der Waals surface area contributed by atoms with E-state index >= 15 is 19.2 Å². The normalized spacial score (nSPS) is 23.6. The van der Waals surface area contributed by atoms with Crippen molar-refractivity contribution < 1.29 is 73.2 Å². The minimum atomic E-state index is -1.93. The number of hydrogen-bond acceptors (Lipinski definition) is 20. The number of amides is 11. The number of aromatic hydroxyl groups is 1. The Bertz CT molecular complexity index is 4010. The standard InChI is InChI=1S/C74H96IN15O15S2/c1-40(2)79-35-46-24-22-45(23-25-46)31-57-70(101)89-62(41(3)92)73(104)86-58(32-47-26-27-49(94)34-51(47)75)71(102)90-63(42(4)93)74(105)87-60(37-91)72(103)88-61(64(78)95)39-107-106-38-52(77)65(96)81-54(21-13-14-28-76)66(97)82-55(29-43-15-7-5-8-16-43)67(98)83-56(30-44-17-9-6-10-18-44)68(99)85-59(69(100)84-57)33-48-36-80-53-20-12-11-19-50(48)53/h5-12,15-20,22-27,34,36,40-42,52,54-63,79-80,91-94H,13-14,21,28-33,35,37-39,76-77H2,1-4H3,(H2,78,95)(H,81,96)(H,82,97)(H,83,98)(H,84,100)(H,85,99)(H,86,104)(H,87,105)(H,88,103)(H,89,101)(H,90,102). The van der Waals surface area contributed by atoms with Crippen LogP contribution in [0.4, 0.5) is 0 Å². The molecule has 1 aliphatic heterocycles. The maximum absolute atomic E-state index is 15.6. The number of hydrogen-bond donors (Lipinski definition) is 19. The topological polar surface area (TPSA) is 495 Å². The highest BCUT2D eigenvalue weighted by Crippen LogP contribution is 2.25. The van der Waals surface area contributed by atoms with Gasteiger partial charge in [-0.25, -0.2) is 0 Å². The van der Waals surface area contributed by atoms with Crippen molar-refractivity contribution in [2.24, 2.45) is 17.2 Å². The molecule has 5 aromatic carbocycles. The van der Waals surface area contributed by atoms with Crippen LogP contribution in [0.3, 0.4) is 0 Å². The Kier molecular flexibility index (Phi) is 33.7. The number of carbonyl (C=O) groups excluding carboxylic acids is 11. The number of aromatic nitrogens is 1. The fourth-order valence-electron chi connectivity index (χ4n) is 11.5. The smallest absolute Gasteiger partial charge is 0.245 e. The largest absolute Gasteiger partial charge is 0.508 e. The van der Waals surface area contributed by atoms with Gasteiger partial charge in [0.15, 0.2) is 0 Å². The van der Waals surface area contributed by atoms with Gasteiger partial charge in [-0.1, -0.05) is 145 Å². The summed E-state index contributed by atoms with van der Waals surface area (Å²) in [7, 11) is 1.95. The van der Waals surface area contributed by atoms with Crippen LogP contribution in [0.2, 0.25) is 0 Å². The number of benzene rings is 5. The Balaban J connectivity index is 1.33. The molecule has 0 bridgehead atoms. The molecule has 30 nitrogen and oxygen atoms in total. The molecule has 0 saturated carbocycles. The molecule has 1 saturated heterocycles. The van der Waals surface area contributed by atoms with Crippen LogP contribution in [0.1, 0.15) is 80.3 Å². The molecular weight excluding hydrogens is 1530 g/mol. The summed E-state index contributed by atoms with van der Waals surface area (Å²) in [4.78, 5) is 164. The van der Waals surface area contributed by atoms with Crippen LogP contribution in [0, 0.1) is 3.57 Å². The second kappa shape index (κ2) is 42.4. The van der Waals surface area contributed by atoms with Crippen molar-refractivity contribution in [3.8, 4) is 5.75 Å². The molecule has 11 amide bonds. The fourth-order valence-corrected chi connectivity index (χ4v) is 14.5. The number of phenolic OH excluding ortho intramolecular Hbond substituents is 1. The molecular formula is C74H96IN15O15S2. The number of aromatic amines is 1. The van der Waals surface area contributed by atoms with E-state index in [-0.39, 0.29) is 61.9 Å². The second-order valence-electron chi connectivity index (χ2n) is 26.5. The molecule has 0 radical (unpaired) electrons. The van der Waals surface area contributed by atoms with E-state index in [1.54, 1.807) is 97.2 Å². The zero-order valence-corrected chi connectivity index (χ0v) is 63.5. The van der Waals surface area contributed by atoms with E-state index in [0.717, 1.165) is 34.1 Å². The number of aliphatic hydroxyl groups excluding tert-OH is 3. The van der Waals surface area contributed by atoms with Crippen LogP contribution in [0.25, 0.3) is 10.9 Å². The minimum absolute atomic E-state index is 0.0368. The molecule has 2 heterocycles. The first-order valence-electron chi connectivity index (χ1n) is 35.0. The number of fused-ring (bicyclic) bond motifs is 1. The third kappa shape index (κ3) is 26.6. The molecule has 33 heteroatoms. The lowest BCUT2D eigenvalue weighted by molar-refractivity contribution is -0.138. The molecule has 22 N–H and O–H groups in total. The van der Waals surface area contributed by atoms with Crippen LogP contribution in [-0.4, -0.2) is 200 Å². The molecule has 0 spiro atoms. The van der Waals surface area contributed by atoms with Crippen LogP contribution in [0.5, 0.6) is 5.75 Å². The molecule has 1 aromatic heterocycles. The van der Waals surface area contributed by atoms with E-state index in [0.29, 0.717) is 61.7 Å². The summed E-state index contributed by atoms with van der Waals surface area (Å²) in [5.41, 5.74) is 22.1. The van der Waals surface area contributed by atoms with Gasteiger partial charge < -0.3 is 101 Å². The zero-order chi connectivity index (χ0) is 77.9. The van der Waals surface area contributed by atoms with Gasteiger partial charge in [0.25, 0.3) is 0 Å². The fraction of sp³-hybridized carbons (Fsp3) is 0.419. The van der Waals surface area contributed by atoms with Crippen molar-refractivity contribution in [3.63, 3.8) is 0 Å². The predicted molar refractivity (Wildman–Crippen MR) is 414 cm³/mol. The van der Waals surface area contributed by atoms with Crippen LogP contribution < -0.4 is 75.7 Å². The van der Waals surface area contributed by atoms with Gasteiger partial charge in [-0.3, -0.25) is 52.7 Å². The highest BCUT2D eigenvalue weighted by atomic mass is 127. The molecule has 576 valence electrons. The van der Waals surface area contributed by atoms with Gasteiger partial charge in [0.1, 0.15) is 66.2 Å². The van der Waals surface area contributed by atoms with Gasteiger partial charge in [0.05, 0.1) is 24.9 Å². The molecule has 107 heavy (non-hydrogen) atoms. The van der Waals surface area contributed by atoms with Crippen LogP contribution in [-0.2, 0) is 91.4 Å². The predicted octanol–water partition coefficient (Wildman–Crippen LogP) is -0.572. The maximum Gasteiger partial charge on any atom is 0.245 e. The highest BCUT2D eigenvalue weighted by molar-refractivity contribution is 14.1. The Hall–Kier alpha value is -9.20. The first kappa shape index (κ1) is 85.1. The zero-order valence-electron chi connectivity index (χ0n) is 59.7. The molecule has 13 atom stereocenters. The second-order valence-corrected chi connectivity index (χ2v) is 30.2. The number of nitrogens with two attached hydrogens (primary N) is 3. The van der Waals surface area contributed by atoms with Gasteiger partial charge in [0, 0.05) is 76.9 Å². The van der Waals surface area contributed by atoms with Gasteiger partial charge in [-0.15, -0.1) is 0 Å². The van der Waals surface area contributed by atoms with Gasteiger partial charge >= 0.3 is 0 Å². The number of H-pyrrole nitrogens is 1. The van der Waals surface area contributed by atoms with E-state index in [2.05, 4.69) is 63.5 Å². The van der Waals surface area contributed by atoms with Crippen LogP contribution in [0.15, 0.2) is 134 Å². The lowest BCUT2D eigenvalue weighted by atomic mass is 9.99. The number of phenols is 1. The third-order valence-corrected chi connectivity index (χ3v) is 21.0. The first-order chi connectivity index (χ1) is 51.1. The lowest BCUT2D eigenvalue weighted by Gasteiger charge is -2.29. The van der Waals surface area contributed by atoms with E-state index in [4.69, 9.17) is 17.2 Å². The number of unbranched alkanes of at least 4 members (excludes halogenated alkanes) is 1. The quantitative estimate of drug-likeness (QED) is 0.0244. The molecule has 1 fully saturated rings. The van der Waals surface area contributed by atoms with Crippen molar-refractivity contribution in [1.82, 2.24) is 63.5 Å². The van der Waals surface area contributed by atoms with Gasteiger partial charge in [-0.05, 0) is 114 Å². The van der Waals surface area contributed by atoms with Crippen molar-refractivity contribution in [1.29, 1.82) is 0 Å². The number of primary amides is 1. The lowest BCUT2D eigenvalue weighted by Crippen LogP contribution is -2.63. The summed E-state index contributed by atoms with van der Waals surface area (Å²) in [6, 6.07) is 18.3. The Morgan fingerprint density at radius 1 is 0.505 bits per heavy atom. The average Bonchev–Trinajstić information content (AvgIpc) is 1.81. The number of carbonyl (C=O) groups is 11. The Labute approximate surface area is 641 Å².